The molecule has 1 unspecified atom stereocenters. The molecular formula is C15H24ClN5O. The maximum Gasteiger partial charge on any atom is 0.239 e. The first-order valence-electron chi connectivity index (χ1n) is 7.71. The van der Waals surface area contributed by atoms with Crippen LogP contribution in [0.3, 0.4) is 0 Å². The summed E-state index contributed by atoms with van der Waals surface area (Å²) in [6, 6.07) is -0.417. The van der Waals surface area contributed by atoms with E-state index < -0.39 is 6.04 Å². The number of nitrogens with two attached hydrogens (primary N) is 2. The average Bonchev–Trinajstić information content (AvgIpc) is 2.46. The van der Waals surface area contributed by atoms with Crippen LogP contribution < -0.4 is 11.5 Å². The summed E-state index contributed by atoms with van der Waals surface area (Å²) in [6.45, 7) is 5.06. The van der Waals surface area contributed by atoms with Gasteiger partial charge in [0.1, 0.15) is 16.8 Å². The molecule has 1 atom stereocenters. The smallest absolute Gasteiger partial charge is 0.239 e. The van der Waals surface area contributed by atoms with Crippen LogP contribution in [0.4, 0.5) is 5.82 Å². The van der Waals surface area contributed by atoms with Crippen LogP contribution in [0, 0.1) is 12.8 Å². The third-order valence-electron chi connectivity index (χ3n) is 4.22. The van der Waals surface area contributed by atoms with Gasteiger partial charge in [0, 0.05) is 18.7 Å². The maximum absolute atomic E-state index is 11.9. The van der Waals surface area contributed by atoms with E-state index in [1.165, 1.54) is 0 Å². The molecule has 1 fully saturated rings. The number of hydrogen-bond donors (Lipinski definition) is 2. The summed E-state index contributed by atoms with van der Waals surface area (Å²) in [5.41, 5.74) is 12.4. The van der Waals surface area contributed by atoms with Crippen molar-refractivity contribution in [3.63, 3.8) is 0 Å². The Hall–Kier alpha value is -1.40. The van der Waals surface area contributed by atoms with Crippen molar-refractivity contribution in [2.24, 2.45) is 11.7 Å². The summed E-state index contributed by atoms with van der Waals surface area (Å²) in [5.74, 6) is 1.67. The van der Waals surface area contributed by atoms with Crippen LogP contribution in [0.2, 0.25) is 5.15 Å². The van der Waals surface area contributed by atoms with Crippen molar-refractivity contribution in [3.05, 3.63) is 16.5 Å². The first-order valence-corrected chi connectivity index (χ1v) is 8.09. The highest BCUT2D eigenvalue weighted by Crippen LogP contribution is 2.26. The van der Waals surface area contributed by atoms with Gasteiger partial charge in [0.2, 0.25) is 5.91 Å². The first-order chi connectivity index (χ1) is 10.4. The number of nitrogen functional groups attached to an aromatic ring is 1. The summed E-state index contributed by atoms with van der Waals surface area (Å²) in [7, 11) is 0. The molecular weight excluding hydrogens is 302 g/mol. The van der Waals surface area contributed by atoms with Gasteiger partial charge in [-0.3, -0.25) is 4.79 Å². The van der Waals surface area contributed by atoms with Crippen LogP contribution in [0.1, 0.15) is 37.6 Å². The molecule has 1 aromatic heterocycles. The molecule has 0 saturated carbocycles. The van der Waals surface area contributed by atoms with Gasteiger partial charge in [-0.25, -0.2) is 9.97 Å². The Bertz CT molecular complexity index is 518. The Morgan fingerprint density at radius 3 is 2.59 bits per heavy atom. The molecule has 0 aliphatic carbocycles. The van der Waals surface area contributed by atoms with Crippen molar-refractivity contribution in [2.75, 3.05) is 18.8 Å². The number of nitrogens with zero attached hydrogens (tertiary/aromatic N) is 3. The van der Waals surface area contributed by atoms with Crippen molar-refractivity contribution < 1.29 is 4.79 Å². The molecule has 1 aliphatic rings. The monoisotopic (exact) mass is 325 g/mol. The predicted octanol–water partition coefficient (Wildman–Crippen LogP) is 1.54. The van der Waals surface area contributed by atoms with E-state index in [-0.39, 0.29) is 5.91 Å². The fourth-order valence-electron chi connectivity index (χ4n) is 2.89. The van der Waals surface area contributed by atoms with Crippen LogP contribution in [-0.2, 0) is 11.2 Å². The van der Waals surface area contributed by atoms with E-state index in [1.807, 2.05) is 4.90 Å². The van der Waals surface area contributed by atoms with E-state index in [9.17, 15) is 4.79 Å². The van der Waals surface area contributed by atoms with Gasteiger partial charge in [0.25, 0.3) is 0 Å². The highest BCUT2D eigenvalue weighted by Gasteiger charge is 2.24. The van der Waals surface area contributed by atoms with E-state index in [0.29, 0.717) is 22.7 Å². The zero-order chi connectivity index (χ0) is 16.3. The van der Waals surface area contributed by atoms with Crippen molar-refractivity contribution in [1.82, 2.24) is 14.9 Å². The Labute approximate surface area is 136 Å². The molecule has 1 amide bonds. The third kappa shape index (κ3) is 4.08. The molecule has 7 heteroatoms. The highest BCUT2D eigenvalue weighted by molar-refractivity contribution is 6.30. The van der Waals surface area contributed by atoms with Gasteiger partial charge >= 0.3 is 0 Å². The zero-order valence-corrected chi connectivity index (χ0v) is 13.9. The minimum Gasteiger partial charge on any atom is -0.383 e. The standard InChI is InChI=1S/C15H24ClN5O/c1-9(17)15(22)21-7-5-11(6-8-21)3-4-12-13(16)19-10(2)20-14(12)18/h9,11H,3-8,17H2,1-2H3,(H2,18,19,20). The number of aromatic nitrogens is 2. The Balaban J connectivity index is 1.86. The van der Waals surface area contributed by atoms with Gasteiger partial charge in [0.15, 0.2) is 0 Å². The molecule has 0 radical (unpaired) electrons. The van der Waals surface area contributed by atoms with Crippen LogP contribution >= 0.6 is 11.6 Å². The van der Waals surface area contributed by atoms with Crippen LogP contribution in [0.25, 0.3) is 0 Å². The second-order valence-electron chi connectivity index (χ2n) is 6.02. The molecule has 1 saturated heterocycles. The number of carbonyl (C=O) groups is 1. The van der Waals surface area contributed by atoms with Gasteiger partial charge in [-0.15, -0.1) is 0 Å². The van der Waals surface area contributed by atoms with Crippen LogP contribution in [0.5, 0.6) is 0 Å². The number of carbonyl (C=O) groups excluding carboxylic acids is 1. The summed E-state index contributed by atoms with van der Waals surface area (Å²) >= 11 is 6.15. The minimum absolute atomic E-state index is 0.0395. The van der Waals surface area contributed by atoms with E-state index in [0.717, 1.165) is 44.3 Å². The second-order valence-corrected chi connectivity index (χ2v) is 6.38. The average molecular weight is 326 g/mol. The van der Waals surface area contributed by atoms with Gasteiger partial charge < -0.3 is 16.4 Å². The summed E-state index contributed by atoms with van der Waals surface area (Å²) in [6.07, 6.45) is 3.73. The lowest BCUT2D eigenvalue weighted by Crippen LogP contribution is -2.45. The van der Waals surface area contributed by atoms with Gasteiger partial charge in [-0.05, 0) is 45.4 Å². The minimum atomic E-state index is -0.417. The number of anilines is 1. The van der Waals surface area contributed by atoms with Crippen LogP contribution in [0.15, 0.2) is 0 Å². The molecule has 1 aliphatic heterocycles. The molecule has 0 spiro atoms. The molecule has 2 heterocycles. The summed E-state index contributed by atoms with van der Waals surface area (Å²) in [5, 5.41) is 0.453. The number of aryl methyl sites for hydroxylation is 1. The largest absolute Gasteiger partial charge is 0.383 e. The molecule has 4 N–H and O–H groups in total. The van der Waals surface area contributed by atoms with E-state index in [4.69, 9.17) is 23.1 Å². The number of likely N-dealkylation sites (tertiary alicyclic amines) is 1. The van der Waals surface area contributed by atoms with Gasteiger partial charge in [-0.2, -0.15) is 0 Å². The lowest BCUT2D eigenvalue weighted by Gasteiger charge is -2.33. The molecule has 1 aromatic rings. The maximum atomic E-state index is 11.9. The predicted molar refractivity (Wildman–Crippen MR) is 87.5 cm³/mol. The lowest BCUT2D eigenvalue weighted by molar-refractivity contribution is -0.133. The highest BCUT2D eigenvalue weighted by atomic mass is 35.5. The number of rotatable bonds is 4. The molecule has 0 aromatic carbocycles. The number of halogens is 1. The van der Waals surface area contributed by atoms with Crippen LogP contribution in [-0.4, -0.2) is 39.9 Å². The SMILES string of the molecule is Cc1nc(N)c(CCC2CCN(C(=O)C(C)N)CC2)c(Cl)n1. The van der Waals surface area contributed by atoms with E-state index >= 15 is 0 Å². The molecule has 122 valence electrons. The first kappa shape index (κ1) is 17.0. The molecule has 6 nitrogen and oxygen atoms in total. The normalized spacial score (nSPS) is 17.5. The number of hydrogen-bond acceptors (Lipinski definition) is 5. The molecule has 0 bridgehead atoms. The molecule has 22 heavy (non-hydrogen) atoms. The van der Waals surface area contributed by atoms with Crippen molar-refractivity contribution in [2.45, 2.75) is 45.6 Å². The quantitative estimate of drug-likeness (QED) is 0.818. The Morgan fingerprint density at radius 2 is 2.05 bits per heavy atom. The lowest BCUT2D eigenvalue weighted by atomic mass is 9.90. The fraction of sp³-hybridized carbons (Fsp3) is 0.667. The zero-order valence-electron chi connectivity index (χ0n) is 13.2. The third-order valence-corrected chi connectivity index (χ3v) is 4.53. The Morgan fingerprint density at radius 1 is 1.41 bits per heavy atom. The fourth-order valence-corrected chi connectivity index (χ4v) is 3.21. The number of piperidine rings is 1. The number of amides is 1. The van der Waals surface area contributed by atoms with Crippen molar-refractivity contribution in [1.29, 1.82) is 0 Å². The molecule has 2 rings (SSSR count). The van der Waals surface area contributed by atoms with E-state index in [2.05, 4.69) is 9.97 Å². The van der Waals surface area contributed by atoms with Crippen molar-refractivity contribution >= 4 is 23.3 Å². The van der Waals surface area contributed by atoms with Gasteiger partial charge in [0.05, 0.1) is 6.04 Å². The topological polar surface area (TPSA) is 98.1 Å². The van der Waals surface area contributed by atoms with E-state index in [1.54, 1.807) is 13.8 Å². The van der Waals surface area contributed by atoms with Gasteiger partial charge in [-0.1, -0.05) is 11.6 Å². The van der Waals surface area contributed by atoms with Crippen molar-refractivity contribution in [3.8, 4) is 0 Å². The summed E-state index contributed by atoms with van der Waals surface area (Å²) < 4.78 is 0. The Kier molecular flexibility index (Phi) is 5.58. The second kappa shape index (κ2) is 7.24. The summed E-state index contributed by atoms with van der Waals surface area (Å²) in [4.78, 5) is 22.0.